The van der Waals surface area contributed by atoms with Gasteiger partial charge in [0.2, 0.25) is 0 Å². The summed E-state index contributed by atoms with van der Waals surface area (Å²) >= 11 is 1.26. The highest BCUT2D eigenvalue weighted by Crippen LogP contribution is 2.42. The molecule has 0 aromatic carbocycles. The molecule has 2 heterocycles. The molecule has 1 aliphatic carbocycles. The number of hydrogen-bond donors (Lipinski definition) is 1. The van der Waals surface area contributed by atoms with Crippen LogP contribution >= 0.6 is 11.3 Å². The normalized spacial score (nSPS) is 24.3. The van der Waals surface area contributed by atoms with Gasteiger partial charge in [0.05, 0.1) is 11.7 Å². The van der Waals surface area contributed by atoms with Gasteiger partial charge in [-0.05, 0) is 38.7 Å². The van der Waals surface area contributed by atoms with Gasteiger partial charge in [-0.1, -0.05) is 19.3 Å². The Hall–Kier alpha value is -1.07. The Bertz CT molecular complexity index is 516. The van der Waals surface area contributed by atoms with E-state index in [0.29, 0.717) is 12.4 Å². The van der Waals surface area contributed by atoms with Crippen LogP contribution in [-0.2, 0) is 4.74 Å². The van der Waals surface area contributed by atoms with Crippen LogP contribution in [0.25, 0.3) is 0 Å². The SMILES string of the molecule is Cc1cc(OCC2CCC3(CCCCC3)O2)c(C(=O)O)s1. The second-order valence-corrected chi connectivity index (χ2v) is 7.45. The minimum Gasteiger partial charge on any atom is -0.489 e. The summed E-state index contributed by atoms with van der Waals surface area (Å²) in [6.45, 7) is 2.35. The van der Waals surface area contributed by atoms with Gasteiger partial charge in [-0.15, -0.1) is 11.3 Å². The molecule has 1 aliphatic heterocycles. The second-order valence-electron chi connectivity index (χ2n) is 6.19. The Kier molecular flexibility index (Phi) is 4.22. The Morgan fingerprint density at radius 2 is 2.19 bits per heavy atom. The zero-order valence-electron chi connectivity index (χ0n) is 12.4. The number of rotatable bonds is 4. The zero-order chi connectivity index (χ0) is 14.9. The highest BCUT2D eigenvalue weighted by Gasteiger charge is 2.41. The van der Waals surface area contributed by atoms with Crippen LogP contribution in [0.15, 0.2) is 6.07 Å². The molecule has 0 amide bonds. The minimum absolute atomic E-state index is 0.0897. The topological polar surface area (TPSA) is 55.8 Å². The van der Waals surface area contributed by atoms with E-state index < -0.39 is 5.97 Å². The molecule has 1 spiro atoms. The summed E-state index contributed by atoms with van der Waals surface area (Å²) in [6.07, 6.45) is 8.43. The molecule has 1 atom stereocenters. The van der Waals surface area contributed by atoms with Crippen molar-refractivity contribution in [2.45, 2.75) is 63.6 Å². The van der Waals surface area contributed by atoms with Gasteiger partial charge in [-0.25, -0.2) is 4.79 Å². The van der Waals surface area contributed by atoms with Crippen LogP contribution < -0.4 is 4.74 Å². The van der Waals surface area contributed by atoms with Crippen molar-refractivity contribution in [3.05, 3.63) is 15.8 Å². The smallest absolute Gasteiger partial charge is 0.349 e. The van der Waals surface area contributed by atoms with Crippen molar-refractivity contribution in [3.63, 3.8) is 0 Å². The summed E-state index contributed by atoms with van der Waals surface area (Å²) in [5.74, 6) is -0.433. The van der Waals surface area contributed by atoms with Gasteiger partial charge < -0.3 is 14.6 Å². The third-order valence-corrected chi connectivity index (χ3v) is 5.56. The predicted molar refractivity (Wildman–Crippen MR) is 81.4 cm³/mol. The van der Waals surface area contributed by atoms with Crippen molar-refractivity contribution in [1.82, 2.24) is 0 Å². The lowest BCUT2D eigenvalue weighted by molar-refractivity contribution is -0.0749. The molecule has 2 aliphatic rings. The molecule has 0 bridgehead atoms. The molecule has 3 rings (SSSR count). The summed E-state index contributed by atoms with van der Waals surface area (Å²) < 4.78 is 12.0. The molecule has 1 saturated carbocycles. The van der Waals surface area contributed by atoms with Crippen LogP contribution in [0, 0.1) is 6.92 Å². The van der Waals surface area contributed by atoms with E-state index in [1.54, 1.807) is 6.07 Å². The van der Waals surface area contributed by atoms with E-state index in [4.69, 9.17) is 14.6 Å². The molecule has 1 aromatic rings. The first kappa shape index (κ1) is 14.9. The van der Waals surface area contributed by atoms with Gasteiger partial charge in [0.1, 0.15) is 12.4 Å². The highest BCUT2D eigenvalue weighted by molar-refractivity contribution is 7.14. The number of aryl methyl sites for hydroxylation is 1. The number of thiophene rings is 1. The molecule has 1 unspecified atom stereocenters. The summed E-state index contributed by atoms with van der Waals surface area (Å²) in [4.78, 5) is 12.4. The fraction of sp³-hybridized carbons (Fsp3) is 0.688. The Labute approximate surface area is 129 Å². The number of carbonyl (C=O) groups is 1. The van der Waals surface area contributed by atoms with Gasteiger partial charge in [0.25, 0.3) is 0 Å². The Morgan fingerprint density at radius 3 is 2.90 bits per heavy atom. The highest BCUT2D eigenvalue weighted by atomic mass is 32.1. The number of carboxylic acid groups (broad SMARTS) is 1. The van der Waals surface area contributed by atoms with Crippen LogP contribution in [0.2, 0.25) is 0 Å². The van der Waals surface area contributed by atoms with E-state index in [1.807, 2.05) is 6.92 Å². The van der Waals surface area contributed by atoms with E-state index in [1.165, 1.54) is 43.4 Å². The summed E-state index contributed by atoms with van der Waals surface area (Å²) in [7, 11) is 0. The lowest BCUT2D eigenvalue weighted by Crippen LogP contribution is -2.32. The molecule has 5 heteroatoms. The molecule has 2 fully saturated rings. The Morgan fingerprint density at radius 1 is 1.43 bits per heavy atom. The number of hydrogen-bond acceptors (Lipinski definition) is 4. The second kappa shape index (κ2) is 5.97. The average molecular weight is 310 g/mol. The molecule has 116 valence electrons. The van der Waals surface area contributed by atoms with Crippen LogP contribution in [0.3, 0.4) is 0 Å². The zero-order valence-corrected chi connectivity index (χ0v) is 13.2. The first-order chi connectivity index (χ1) is 10.1. The van der Waals surface area contributed by atoms with Crippen molar-refractivity contribution < 1.29 is 19.4 Å². The fourth-order valence-electron chi connectivity index (χ4n) is 3.51. The quantitative estimate of drug-likeness (QED) is 0.912. The molecule has 1 N–H and O–H groups in total. The summed E-state index contributed by atoms with van der Waals surface area (Å²) in [6, 6.07) is 1.81. The third kappa shape index (κ3) is 3.24. The van der Waals surface area contributed by atoms with Crippen LogP contribution in [0.5, 0.6) is 5.75 Å². The standard InChI is InChI=1S/C16H22O4S/c1-11-9-13(14(21-11)15(17)18)19-10-12-5-8-16(20-12)6-3-2-4-7-16/h9,12H,2-8,10H2,1H3,(H,17,18). The van der Waals surface area contributed by atoms with Gasteiger partial charge in [-0.2, -0.15) is 0 Å². The molecule has 21 heavy (non-hydrogen) atoms. The van der Waals surface area contributed by atoms with E-state index in [0.717, 1.165) is 17.7 Å². The lowest BCUT2D eigenvalue weighted by Gasteiger charge is -2.33. The third-order valence-electron chi connectivity index (χ3n) is 4.54. The largest absolute Gasteiger partial charge is 0.489 e. The van der Waals surface area contributed by atoms with Crippen LogP contribution in [-0.4, -0.2) is 29.4 Å². The predicted octanol–water partition coefficient (Wildman–Crippen LogP) is 4.02. The van der Waals surface area contributed by atoms with Crippen LogP contribution in [0.1, 0.15) is 59.5 Å². The molecule has 1 saturated heterocycles. The van der Waals surface area contributed by atoms with Gasteiger partial charge >= 0.3 is 5.97 Å². The lowest BCUT2D eigenvalue weighted by atomic mass is 9.83. The fourth-order valence-corrected chi connectivity index (χ4v) is 4.30. The average Bonchev–Trinajstić information content (AvgIpc) is 3.02. The molecular weight excluding hydrogens is 288 g/mol. The van der Waals surface area contributed by atoms with Gasteiger partial charge in [0, 0.05) is 4.88 Å². The van der Waals surface area contributed by atoms with Crippen molar-refractivity contribution in [1.29, 1.82) is 0 Å². The monoisotopic (exact) mass is 310 g/mol. The van der Waals surface area contributed by atoms with Crippen molar-refractivity contribution in [2.75, 3.05) is 6.61 Å². The van der Waals surface area contributed by atoms with Crippen molar-refractivity contribution in [3.8, 4) is 5.75 Å². The summed E-state index contributed by atoms with van der Waals surface area (Å²) in [5.41, 5.74) is 0.0897. The number of carboxylic acids is 1. The maximum atomic E-state index is 11.2. The van der Waals surface area contributed by atoms with E-state index in [-0.39, 0.29) is 16.6 Å². The Balaban J connectivity index is 1.58. The van der Waals surface area contributed by atoms with E-state index in [2.05, 4.69) is 0 Å². The van der Waals surface area contributed by atoms with Crippen LogP contribution in [0.4, 0.5) is 0 Å². The maximum Gasteiger partial charge on any atom is 0.349 e. The van der Waals surface area contributed by atoms with Crippen molar-refractivity contribution >= 4 is 17.3 Å². The van der Waals surface area contributed by atoms with Gasteiger partial charge in [-0.3, -0.25) is 0 Å². The number of aromatic carboxylic acids is 1. The first-order valence-corrected chi connectivity index (χ1v) is 8.54. The minimum atomic E-state index is -0.917. The molecule has 4 nitrogen and oxygen atoms in total. The van der Waals surface area contributed by atoms with Crippen molar-refractivity contribution in [2.24, 2.45) is 0 Å². The molecular formula is C16H22O4S. The molecule has 0 radical (unpaired) electrons. The maximum absolute atomic E-state index is 11.2. The van der Waals surface area contributed by atoms with Gasteiger partial charge in [0.15, 0.2) is 4.88 Å². The molecule has 1 aromatic heterocycles. The summed E-state index contributed by atoms with van der Waals surface area (Å²) in [5, 5.41) is 9.17. The first-order valence-electron chi connectivity index (χ1n) is 7.72. The van der Waals surface area contributed by atoms with E-state index in [9.17, 15) is 4.79 Å². The number of ether oxygens (including phenoxy) is 2. The van der Waals surface area contributed by atoms with E-state index >= 15 is 0 Å².